The third-order valence-electron chi connectivity index (χ3n) is 3.51. The number of rotatable bonds is 6. The Labute approximate surface area is 148 Å². The van der Waals surface area contributed by atoms with Crippen LogP contribution in [-0.2, 0) is 9.53 Å². The molecule has 132 valence electrons. The average Bonchev–Trinajstić information content (AvgIpc) is 3.15. The Kier molecular flexibility index (Phi) is 5.86. The van der Waals surface area contributed by atoms with Gasteiger partial charge in [-0.1, -0.05) is 0 Å². The summed E-state index contributed by atoms with van der Waals surface area (Å²) in [4.78, 5) is 38.2. The Bertz CT molecular complexity index is 701. The average molecular weight is 362 g/mol. The van der Waals surface area contributed by atoms with Crippen LogP contribution < -0.4 is 15.5 Å². The number of hydrogen-bond acceptors (Lipinski definition) is 8. The molecule has 1 fully saturated rings. The molecule has 2 amide bonds. The van der Waals surface area contributed by atoms with Gasteiger partial charge >= 0.3 is 0 Å². The number of thiazole rings is 1. The number of nitrogens with one attached hydrogen (secondary N) is 2. The van der Waals surface area contributed by atoms with E-state index in [0.717, 1.165) is 13.1 Å². The third-order valence-corrected chi connectivity index (χ3v) is 4.20. The number of morpholine rings is 1. The minimum atomic E-state index is -0.310. The molecule has 25 heavy (non-hydrogen) atoms. The van der Waals surface area contributed by atoms with Crippen LogP contribution in [0.1, 0.15) is 16.8 Å². The van der Waals surface area contributed by atoms with E-state index in [1.54, 1.807) is 11.6 Å². The Balaban J connectivity index is 1.44. The lowest BCUT2D eigenvalue weighted by Gasteiger charge is -2.26. The van der Waals surface area contributed by atoms with Gasteiger partial charge in [0, 0.05) is 50.0 Å². The highest BCUT2D eigenvalue weighted by Crippen LogP contribution is 2.11. The number of carbonyl (C=O) groups is 2. The largest absolute Gasteiger partial charge is 0.378 e. The summed E-state index contributed by atoms with van der Waals surface area (Å²) in [5.74, 6) is 0.0763. The van der Waals surface area contributed by atoms with Crippen molar-refractivity contribution in [2.45, 2.75) is 6.42 Å². The molecule has 0 bridgehead atoms. The number of nitrogens with zero attached hydrogens (tertiary/aromatic N) is 4. The minimum absolute atomic E-state index is 0.165. The molecule has 0 aromatic carbocycles. The van der Waals surface area contributed by atoms with E-state index in [1.807, 2.05) is 4.90 Å². The first-order chi connectivity index (χ1) is 12.2. The highest BCUT2D eigenvalue weighted by Gasteiger charge is 2.15. The third kappa shape index (κ3) is 4.94. The van der Waals surface area contributed by atoms with Crippen LogP contribution >= 0.6 is 11.3 Å². The molecule has 0 radical (unpaired) electrons. The molecule has 0 spiro atoms. The summed E-state index contributed by atoms with van der Waals surface area (Å²) in [6.45, 7) is 2.99. The maximum absolute atomic E-state index is 12.1. The molecule has 1 aliphatic heterocycles. The van der Waals surface area contributed by atoms with Gasteiger partial charge in [0.15, 0.2) is 5.13 Å². The number of anilines is 2. The predicted octanol–water partition coefficient (Wildman–Crippen LogP) is 0.528. The minimum Gasteiger partial charge on any atom is -0.378 e. The lowest BCUT2D eigenvalue weighted by Crippen LogP contribution is -2.37. The molecular weight excluding hydrogens is 344 g/mol. The second-order valence-electron chi connectivity index (χ2n) is 5.26. The maximum atomic E-state index is 12.1. The SMILES string of the molecule is O=C(CCNC(=O)c1cnc(N2CCOCC2)nc1)Nc1nccs1. The molecule has 10 heteroatoms. The standard InChI is InChI=1S/C15H18N6O3S/c22-12(20-15-17-3-8-25-15)1-2-16-13(23)11-9-18-14(19-10-11)21-4-6-24-7-5-21/h3,8-10H,1-2,4-7H2,(H,16,23)(H,17,20,22). The predicted molar refractivity (Wildman–Crippen MR) is 92.8 cm³/mol. The van der Waals surface area contributed by atoms with Crippen LogP contribution in [0.5, 0.6) is 0 Å². The van der Waals surface area contributed by atoms with Gasteiger partial charge < -0.3 is 20.3 Å². The van der Waals surface area contributed by atoms with Gasteiger partial charge in [0.2, 0.25) is 11.9 Å². The Hall–Kier alpha value is -2.59. The molecule has 9 nitrogen and oxygen atoms in total. The molecule has 0 aliphatic carbocycles. The number of hydrogen-bond donors (Lipinski definition) is 2. The molecule has 0 saturated carbocycles. The summed E-state index contributed by atoms with van der Waals surface area (Å²) < 4.78 is 5.28. The summed E-state index contributed by atoms with van der Waals surface area (Å²) in [6, 6.07) is 0. The van der Waals surface area contributed by atoms with Crippen molar-refractivity contribution in [2.75, 3.05) is 43.1 Å². The quantitative estimate of drug-likeness (QED) is 0.771. The molecule has 0 unspecified atom stereocenters. The molecule has 1 aliphatic rings. The first-order valence-corrected chi connectivity index (χ1v) is 8.72. The summed E-state index contributed by atoms with van der Waals surface area (Å²) in [6.07, 6.45) is 4.76. The van der Waals surface area contributed by atoms with E-state index < -0.39 is 0 Å². The topological polar surface area (TPSA) is 109 Å². The van der Waals surface area contributed by atoms with Crippen molar-refractivity contribution in [3.05, 3.63) is 29.5 Å². The van der Waals surface area contributed by atoms with Crippen LogP contribution in [-0.4, -0.2) is 59.6 Å². The van der Waals surface area contributed by atoms with Crippen molar-refractivity contribution in [2.24, 2.45) is 0 Å². The van der Waals surface area contributed by atoms with Crippen LogP contribution in [0.15, 0.2) is 24.0 Å². The molecule has 2 N–H and O–H groups in total. The molecule has 3 rings (SSSR count). The van der Waals surface area contributed by atoms with E-state index in [2.05, 4.69) is 25.6 Å². The monoisotopic (exact) mass is 362 g/mol. The van der Waals surface area contributed by atoms with Gasteiger partial charge in [-0.2, -0.15) is 0 Å². The van der Waals surface area contributed by atoms with Gasteiger partial charge in [-0.15, -0.1) is 11.3 Å². The van der Waals surface area contributed by atoms with Crippen molar-refractivity contribution in [3.8, 4) is 0 Å². The van der Waals surface area contributed by atoms with E-state index in [4.69, 9.17) is 4.74 Å². The van der Waals surface area contributed by atoms with Gasteiger partial charge in [-0.3, -0.25) is 9.59 Å². The smallest absolute Gasteiger partial charge is 0.254 e. The van der Waals surface area contributed by atoms with Gasteiger partial charge in [0.05, 0.1) is 18.8 Å². The highest BCUT2D eigenvalue weighted by atomic mass is 32.1. The van der Waals surface area contributed by atoms with Crippen molar-refractivity contribution < 1.29 is 14.3 Å². The van der Waals surface area contributed by atoms with Crippen LogP contribution in [0, 0.1) is 0 Å². The van der Waals surface area contributed by atoms with Crippen LogP contribution in [0.3, 0.4) is 0 Å². The Morgan fingerprint density at radius 1 is 1.20 bits per heavy atom. The van der Waals surface area contributed by atoms with Crippen molar-refractivity contribution >= 4 is 34.2 Å². The van der Waals surface area contributed by atoms with Gasteiger partial charge in [-0.05, 0) is 0 Å². The number of ether oxygens (including phenoxy) is 1. The normalized spacial score (nSPS) is 14.2. The molecule has 3 heterocycles. The summed E-state index contributed by atoms with van der Waals surface area (Å²) in [5.41, 5.74) is 0.359. The maximum Gasteiger partial charge on any atom is 0.254 e. The molecule has 1 saturated heterocycles. The van der Waals surface area contributed by atoms with Crippen LogP contribution in [0.4, 0.5) is 11.1 Å². The van der Waals surface area contributed by atoms with E-state index in [-0.39, 0.29) is 24.8 Å². The first-order valence-electron chi connectivity index (χ1n) is 7.84. The van der Waals surface area contributed by atoms with Gasteiger partial charge in [0.1, 0.15) is 0 Å². The van der Waals surface area contributed by atoms with Gasteiger partial charge in [-0.25, -0.2) is 15.0 Å². The first kappa shape index (κ1) is 17.2. The van der Waals surface area contributed by atoms with Crippen molar-refractivity contribution in [3.63, 3.8) is 0 Å². The Morgan fingerprint density at radius 2 is 1.96 bits per heavy atom. The fourth-order valence-electron chi connectivity index (χ4n) is 2.22. The van der Waals surface area contributed by atoms with E-state index in [0.29, 0.717) is 29.9 Å². The number of aromatic nitrogens is 3. The summed E-state index contributed by atoms with van der Waals surface area (Å²) >= 11 is 1.34. The lowest BCUT2D eigenvalue weighted by atomic mass is 10.3. The molecular formula is C15H18N6O3S. The number of carbonyl (C=O) groups excluding carboxylic acids is 2. The molecule has 2 aromatic heterocycles. The fraction of sp³-hybridized carbons (Fsp3) is 0.400. The zero-order chi connectivity index (χ0) is 17.5. The lowest BCUT2D eigenvalue weighted by molar-refractivity contribution is -0.116. The van der Waals surface area contributed by atoms with Crippen molar-refractivity contribution in [1.29, 1.82) is 0 Å². The molecule has 2 aromatic rings. The van der Waals surface area contributed by atoms with E-state index >= 15 is 0 Å². The van der Waals surface area contributed by atoms with Crippen LogP contribution in [0.25, 0.3) is 0 Å². The second kappa shape index (κ2) is 8.49. The number of amides is 2. The fourth-order valence-corrected chi connectivity index (χ4v) is 2.77. The summed E-state index contributed by atoms with van der Waals surface area (Å²) in [5, 5.41) is 7.65. The second-order valence-corrected chi connectivity index (χ2v) is 6.16. The van der Waals surface area contributed by atoms with E-state index in [9.17, 15) is 9.59 Å². The van der Waals surface area contributed by atoms with Crippen molar-refractivity contribution in [1.82, 2.24) is 20.3 Å². The van der Waals surface area contributed by atoms with E-state index in [1.165, 1.54) is 23.7 Å². The zero-order valence-corrected chi connectivity index (χ0v) is 14.3. The highest BCUT2D eigenvalue weighted by molar-refractivity contribution is 7.13. The Morgan fingerprint density at radius 3 is 2.64 bits per heavy atom. The van der Waals surface area contributed by atoms with Crippen LogP contribution in [0.2, 0.25) is 0 Å². The van der Waals surface area contributed by atoms with Gasteiger partial charge in [0.25, 0.3) is 5.91 Å². The molecule has 0 atom stereocenters. The summed E-state index contributed by atoms with van der Waals surface area (Å²) in [7, 11) is 0. The zero-order valence-electron chi connectivity index (χ0n) is 13.5.